The third-order valence-corrected chi connectivity index (χ3v) is 4.90. The van der Waals surface area contributed by atoms with Crippen LogP contribution in [-0.2, 0) is 4.79 Å². The van der Waals surface area contributed by atoms with Gasteiger partial charge in [-0.25, -0.2) is 0 Å². The minimum atomic E-state index is -0.399. The van der Waals surface area contributed by atoms with Crippen molar-refractivity contribution >= 4 is 5.91 Å². The number of nitrogens with zero attached hydrogens (tertiary/aromatic N) is 3. The summed E-state index contributed by atoms with van der Waals surface area (Å²) < 4.78 is 0. The quantitative estimate of drug-likeness (QED) is 0.781. The molecule has 1 N–H and O–H groups in total. The van der Waals surface area contributed by atoms with Gasteiger partial charge < -0.3 is 5.11 Å². The summed E-state index contributed by atoms with van der Waals surface area (Å²) >= 11 is 0. The molecular formula is C17H17N3O2. The van der Waals surface area contributed by atoms with Crippen LogP contribution in [0.3, 0.4) is 0 Å². The number of fused-ring (bicyclic) bond motifs is 2. The topological polar surface area (TPSA) is 67.6 Å². The van der Waals surface area contributed by atoms with E-state index in [0.29, 0.717) is 19.6 Å². The molecule has 5 nitrogen and oxygen atoms in total. The number of nitriles is 1. The summed E-state index contributed by atoms with van der Waals surface area (Å²) in [5.41, 5.74) is 1.93. The molecular weight excluding hydrogens is 278 g/mol. The van der Waals surface area contributed by atoms with E-state index in [1.54, 1.807) is 4.90 Å². The molecule has 0 aromatic rings. The smallest absolute Gasteiger partial charge is 0.245 e. The highest BCUT2D eigenvalue weighted by Crippen LogP contribution is 2.38. The van der Waals surface area contributed by atoms with E-state index in [0.717, 1.165) is 11.3 Å². The Morgan fingerprint density at radius 1 is 1.27 bits per heavy atom. The van der Waals surface area contributed by atoms with Crippen molar-refractivity contribution in [1.82, 2.24) is 9.80 Å². The maximum Gasteiger partial charge on any atom is 0.245 e. The van der Waals surface area contributed by atoms with E-state index >= 15 is 0 Å². The summed E-state index contributed by atoms with van der Waals surface area (Å²) in [6.07, 6.45) is 11.8. The summed E-state index contributed by atoms with van der Waals surface area (Å²) in [7, 11) is 0. The van der Waals surface area contributed by atoms with Crippen molar-refractivity contribution in [2.75, 3.05) is 13.2 Å². The maximum absolute atomic E-state index is 12.7. The number of allylic oxidation sites excluding steroid dienone is 7. The second-order valence-electron chi connectivity index (χ2n) is 6.21. The Hall–Kier alpha value is -2.16. The monoisotopic (exact) mass is 295 g/mol. The van der Waals surface area contributed by atoms with Crippen LogP contribution >= 0.6 is 0 Å². The van der Waals surface area contributed by atoms with Crippen LogP contribution in [-0.4, -0.2) is 46.2 Å². The van der Waals surface area contributed by atoms with Crippen molar-refractivity contribution in [2.45, 2.75) is 18.6 Å². The van der Waals surface area contributed by atoms with Crippen LogP contribution in [0.2, 0.25) is 0 Å². The van der Waals surface area contributed by atoms with Crippen molar-refractivity contribution in [3.05, 3.63) is 47.7 Å². The van der Waals surface area contributed by atoms with E-state index in [1.165, 1.54) is 0 Å². The summed E-state index contributed by atoms with van der Waals surface area (Å²) in [6, 6.07) is 2.12. The van der Waals surface area contributed by atoms with Crippen molar-refractivity contribution in [2.24, 2.45) is 11.8 Å². The molecule has 0 bridgehead atoms. The Kier molecular flexibility index (Phi) is 3.03. The Balaban J connectivity index is 1.69. The third kappa shape index (κ3) is 1.88. The number of aliphatic hydroxyl groups excluding tert-OH is 1. The standard InChI is InChI=1S/C17H17N3O2/c18-8-11-5-6-15(14-4-2-1-3-13(11)14)20-10-19-9-12(21)7-16(19)17(20)22/h1-6,11-13,16,21H,7,9-10H2/t11?,12-,13?,16+/m1/s1. The second-order valence-corrected chi connectivity index (χ2v) is 6.21. The van der Waals surface area contributed by atoms with Gasteiger partial charge in [-0.2, -0.15) is 5.26 Å². The first-order valence-corrected chi connectivity index (χ1v) is 7.59. The fourth-order valence-electron chi connectivity index (χ4n) is 3.83. The molecule has 2 aliphatic heterocycles. The molecule has 0 aromatic carbocycles. The molecule has 2 saturated heterocycles. The van der Waals surface area contributed by atoms with Gasteiger partial charge in [0.1, 0.15) is 0 Å². The Morgan fingerprint density at radius 3 is 2.91 bits per heavy atom. The molecule has 4 atom stereocenters. The number of rotatable bonds is 1. The molecule has 0 radical (unpaired) electrons. The van der Waals surface area contributed by atoms with Crippen LogP contribution in [0, 0.1) is 23.2 Å². The Labute approximate surface area is 129 Å². The zero-order valence-corrected chi connectivity index (χ0v) is 12.1. The first kappa shape index (κ1) is 13.5. The van der Waals surface area contributed by atoms with E-state index in [4.69, 9.17) is 0 Å². The van der Waals surface area contributed by atoms with Gasteiger partial charge in [-0.05, 0) is 18.1 Å². The van der Waals surface area contributed by atoms with Crippen molar-refractivity contribution in [3.63, 3.8) is 0 Å². The largest absolute Gasteiger partial charge is 0.392 e. The zero-order chi connectivity index (χ0) is 15.3. The number of carbonyl (C=O) groups is 1. The summed E-state index contributed by atoms with van der Waals surface area (Å²) in [4.78, 5) is 16.5. The second kappa shape index (κ2) is 4.94. The number of hydrogen-bond donors (Lipinski definition) is 1. The summed E-state index contributed by atoms with van der Waals surface area (Å²) in [5.74, 6) is -0.107. The first-order valence-electron chi connectivity index (χ1n) is 7.59. The highest BCUT2D eigenvalue weighted by Gasteiger charge is 2.46. The molecule has 0 saturated carbocycles. The van der Waals surface area contributed by atoms with Crippen LogP contribution in [0.1, 0.15) is 6.42 Å². The van der Waals surface area contributed by atoms with Crippen LogP contribution in [0.5, 0.6) is 0 Å². The van der Waals surface area contributed by atoms with Gasteiger partial charge in [0.15, 0.2) is 0 Å². The fraction of sp³-hybridized carbons (Fsp3) is 0.412. The van der Waals surface area contributed by atoms with Crippen LogP contribution in [0.4, 0.5) is 0 Å². The van der Waals surface area contributed by atoms with E-state index in [9.17, 15) is 15.2 Å². The highest BCUT2D eigenvalue weighted by atomic mass is 16.3. The van der Waals surface area contributed by atoms with Gasteiger partial charge in [-0.15, -0.1) is 0 Å². The third-order valence-electron chi connectivity index (χ3n) is 4.90. The number of hydrogen-bond acceptors (Lipinski definition) is 4. The lowest BCUT2D eigenvalue weighted by atomic mass is 9.79. The van der Waals surface area contributed by atoms with Gasteiger partial charge in [-0.1, -0.05) is 30.4 Å². The molecule has 2 aliphatic carbocycles. The normalized spacial score (nSPS) is 36.7. The minimum absolute atomic E-state index is 0.0174. The molecule has 4 rings (SSSR count). The fourth-order valence-corrected chi connectivity index (χ4v) is 3.83. The lowest BCUT2D eigenvalue weighted by molar-refractivity contribution is -0.127. The van der Waals surface area contributed by atoms with Crippen LogP contribution in [0.15, 0.2) is 47.7 Å². The van der Waals surface area contributed by atoms with Crippen molar-refractivity contribution in [3.8, 4) is 6.07 Å². The Morgan fingerprint density at radius 2 is 2.14 bits per heavy atom. The molecule has 5 heteroatoms. The van der Waals surface area contributed by atoms with Crippen molar-refractivity contribution in [1.29, 1.82) is 5.26 Å². The number of aliphatic hydroxyl groups is 1. The van der Waals surface area contributed by atoms with Crippen molar-refractivity contribution < 1.29 is 9.90 Å². The molecule has 2 heterocycles. The highest BCUT2D eigenvalue weighted by molar-refractivity contribution is 5.86. The molecule has 1 amide bonds. The van der Waals surface area contributed by atoms with Crippen LogP contribution in [0.25, 0.3) is 0 Å². The van der Waals surface area contributed by atoms with E-state index in [-0.39, 0.29) is 23.8 Å². The lowest BCUT2D eigenvalue weighted by Crippen LogP contribution is -2.33. The van der Waals surface area contributed by atoms with E-state index < -0.39 is 6.10 Å². The number of carbonyl (C=O) groups excluding carboxylic acids is 1. The van der Waals surface area contributed by atoms with E-state index in [1.807, 2.05) is 41.4 Å². The predicted molar refractivity (Wildman–Crippen MR) is 79.9 cm³/mol. The Bertz CT molecular complexity index is 683. The van der Waals surface area contributed by atoms with Crippen LogP contribution < -0.4 is 0 Å². The maximum atomic E-state index is 12.7. The van der Waals surface area contributed by atoms with Gasteiger partial charge in [0.25, 0.3) is 0 Å². The van der Waals surface area contributed by atoms with Gasteiger partial charge in [0, 0.05) is 18.2 Å². The van der Waals surface area contributed by atoms with Gasteiger partial charge in [-0.3, -0.25) is 14.6 Å². The molecule has 112 valence electrons. The summed E-state index contributed by atoms with van der Waals surface area (Å²) in [6.45, 7) is 1.07. The van der Waals surface area contributed by atoms with E-state index in [2.05, 4.69) is 6.07 Å². The molecule has 22 heavy (non-hydrogen) atoms. The zero-order valence-electron chi connectivity index (χ0n) is 12.1. The minimum Gasteiger partial charge on any atom is -0.392 e. The van der Waals surface area contributed by atoms with Gasteiger partial charge >= 0.3 is 0 Å². The summed E-state index contributed by atoms with van der Waals surface area (Å²) in [5, 5.41) is 19.0. The molecule has 2 unspecified atom stereocenters. The van der Waals surface area contributed by atoms with Gasteiger partial charge in [0.2, 0.25) is 5.91 Å². The van der Waals surface area contributed by atoms with Gasteiger partial charge in [0.05, 0.1) is 30.8 Å². The first-order chi connectivity index (χ1) is 10.7. The molecule has 2 fully saturated rings. The predicted octanol–water partition coefficient (Wildman–Crippen LogP) is 0.927. The lowest BCUT2D eigenvalue weighted by Gasteiger charge is -2.30. The average Bonchev–Trinajstić information content (AvgIpc) is 3.04. The molecule has 0 spiro atoms. The molecule has 4 aliphatic rings. The molecule has 0 aromatic heterocycles. The SMILES string of the molecule is N#CC1C=CC(N2CN3C[C@H](O)C[C@H]3C2=O)=C2C=CC=CC21. The average molecular weight is 295 g/mol. The number of amides is 1.